The monoisotopic (exact) mass is 97.1 g/mol. The molecule has 1 atom stereocenters. The highest BCUT2D eigenvalue weighted by molar-refractivity contribution is 4.51. The normalized spacial score (nSPS) is 46.3. The Bertz CT molecular complexity index is 190. The summed E-state index contributed by atoms with van der Waals surface area (Å²) in [7, 11) is 0. The molecule has 0 rings (SSSR count). The van der Waals surface area contributed by atoms with Gasteiger partial charge in [0, 0.05) is 14.2 Å². The molecule has 0 amide bonds. The van der Waals surface area contributed by atoms with E-state index in [4.69, 9.17) is 21.8 Å². The van der Waals surface area contributed by atoms with Crippen LogP contribution in [0.3, 0.4) is 0 Å². The molecule has 0 aliphatic rings. The van der Waals surface area contributed by atoms with E-state index in [0.717, 1.165) is 0 Å². The van der Waals surface area contributed by atoms with Crippen molar-refractivity contribution >= 4 is 0 Å². The molecule has 0 aliphatic carbocycles. The zero-order valence-corrected chi connectivity index (χ0v) is 3.02. The Hall–Kier alpha value is -0.0800. The molecule has 0 aromatic heterocycles. The average Bonchev–Trinajstić information content (AvgIpc) is 1.81. The van der Waals surface area contributed by atoms with Gasteiger partial charge in [0.25, 0.3) is 0 Å². The van der Waals surface area contributed by atoms with E-state index in [1.807, 2.05) is 0 Å². The van der Waals surface area contributed by atoms with Crippen LogP contribution in [0.1, 0.15) is 24.2 Å². The number of nitrogens with two attached hydrogens (primary N) is 1. The summed E-state index contributed by atoms with van der Waals surface area (Å²) in [5, 5.41) is 8.78. The van der Waals surface area contributed by atoms with E-state index < -0.39 is 25.8 Å². The van der Waals surface area contributed by atoms with Crippen LogP contribution in [0.25, 0.3) is 0 Å². The molecule has 2 nitrogen and oxygen atoms in total. The van der Waals surface area contributed by atoms with E-state index in [1.54, 1.807) is 0 Å². The molecule has 0 aromatic rings. The zero-order chi connectivity index (χ0) is 12.0. The second-order valence-corrected chi connectivity index (χ2v) is 0.650. The highest BCUT2D eigenvalue weighted by atomic mass is 16.3. The second kappa shape index (κ2) is 3.12. The summed E-state index contributed by atoms with van der Waals surface area (Å²) in [6.45, 7) is -6.75. The SMILES string of the molecule is [2H]C([2H])([2H])C([2H])([2H])[C@]([2H])(N)C([2H])([2H])O. The summed E-state index contributed by atoms with van der Waals surface area (Å²) in [5.41, 5.74) is 4.86. The standard InChI is InChI=1S/C4H11NO/c1-2-4(5)3-6/h4,6H,2-3,5H2,1H3/t4-/m0/s1/i1D3,2D2,3D2,4D. The fraction of sp³-hybridized carbons (Fsp3) is 1.00. The first-order chi connectivity index (χ1) is 5.75. The van der Waals surface area contributed by atoms with Crippen molar-refractivity contribution in [3.05, 3.63) is 0 Å². The van der Waals surface area contributed by atoms with Crippen LogP contribution in [-0.2, 0) is 0 Å². The minimum absolute atomic E-state index is 3.27. The van der Waals surface area contributed by atoms with E-state index in [2.05, 4.69) is 0 Å². The maximum Gasteiger partial charge on any atom is 0.0582 e. The van der Waals surface area contributed by atoms with Crippen molar-refractivity contribution in [1.29, 1.82) is 0 Å². The van der Waals surface area contributed by atoms with Gasteiger partial charge in [-0.1, -0.05) is 6.85 Å². The minimum atomic E-state index is -3.45. The third kappa shape index (κ3) is 2.18. The van der Waals surface area contributed by atoms with Crippen LogP contribution in [0.2, 0.25) is 0 Å². The molecule has 2 heteroatoms. The van der Waals surface area contributed by atoms with Gasteiger partial charge in [-0.05, 0) is 6.37 Å². The number of hydrogen-bond acceptors (Lipinski definition) is 2. The van der Waals surface area contributed by atoms with Crippen molar-refractivity contribution < 1.29 is 16.1 Å². The lowest BCUT2D eigenvalue weighted by atomic mass is 10.3. The highest BCUT2D eigenvalue weighted by Crippen LogP contribution is 1.79. The molecule has 0 unspecified atom stereocenters. The van der Waals surface area contributed by atoms with E-state index in [-0.39, 0.29) is 0 Å². The zero-order valence-electron chi connectivity index (χ0n) is 11.0. The second-order valence-electron chi connectivity index (χ2n) is 0.650. The molecule has 0 fully saturated rings. The first kappa shape index (κ1) is 0.858. The van der Waals surface area contributed by atoms with Crippen LogP contribution in [-0.4, -0.2) is 17.7 Å². The molecule has 0 radical (unpaired) electrons. The molecule has 3 N–H and O–H groups in total. The predicted molar refractivity (Wildman–Crippen MR) is 25.4 cm³/mol. The third-order valence-electron chi connectivity index (χ3n) is 0.255. The Kier molecular flexibility index (Phi) is 0.447. The van der Waals surface area contributed by atoms with Gasteiger partial charge >= 0.3 is 0 Å². The van der Waals surface area contributed by atoms with E-state index in [9.17, 15) is 0 Å². The van der Waals surface area contributed by atoms with Gasteiger partial charge in [0.05, 0.1) is 9.30 Å². The summed E-state index contributed by atoms with van der Waals surface area (Å²) in [5.74, 6) is 0. The van der Waals surface area contributed by atoms with Crippen molar-refractivity contribution in [2.24, 2.45) is 5.73 Å². The Morgan fingerprint density at radius 1 is 2.50 bits per heavy atom. The topological polar surface area (TPSA) is 46.2 Å². The van der Waals surface area contributed by atoms with Crippen LogP contribution in [0.5, 0.6) is 0 Å². The third-order valence-corrected chi connectivity index (χ3v) is 0.255. The molecular weight excluding hydrogens is 78.0 g/mol. The quantitative estimate of drug-likeness (QED) is 0.497. The maximum absolute atomic E-state index is 8.78. The molecule has 0 aromatic carbocycles. The fourth-order valence-electron chi connectivity index (χ4n) is 0.0280. The Morgan fingerprint density at radius 3 is 3.33 bits per heavy atom. The van der Waals surface area contributed by atoms with Gasteiger partial charge in [0.2, 0.25) is 0 Å². The predicted octanol–water partition coefficient (Wildman–Crippen LogP) is -0.284. The Morgan fingerprint density at radius 2 is 3.17 bits per heavy atom. The van der Waals surface area contributed by atoms with Gasteiger partial charge in [-0.15, -0.1) is 0 Å². The molecular formula is C4H11NO. The van der Waals surface area contributed by atoms with Crippen molar-refractivity contribution in [3.63, 3.8) is 0 Å². The average molecular weight is 97.2 g/mol. The maximum atomic E-state index is 8.78. The number of rotatable bonds is 2. The molecule has 0 aliphatic heterocycles. The van der Waals surface area contributed by atoms with E-state index in [1.165, 1.54) is 0 Å². The van der Waals surface area contributed by atoms with Crippen LogP contribution < -0.4 is 5.73 Å². The molecule has 0 spiro atoms. The van der Waals surface area contributed by atoms with Gasteiger partial charge < -0.3 is 10.8 Å². The largest absolute Gasteiger partial charge is 0.395 e. The van der Waals surface area contributed by atoms with Crippen molar-refractivity contribution in [2.45, 2.75) is 19.2 Å². The molecule has 0 saturated carbocycles. The van der Waals surface area contributed by atoms with Crippen LogP contribution in [0.4, 0.5) is 0 Å². The summed E-state index contributed by atoms with van der Waals surface area (Å²) >= 11 is 0. The Balaban J connectivity index is 5.30. The molecule has 6 heavy (non-hydrogen) atoms. The smallest absolute Gasteiger partial charge is 0.0582 e. The molecule has 38 valence electrons. The lowest BCUT2D eigenvalue weighted by molar-refractivity contribution is 0.263. The van der Waals surface area contributed by atoms with Crippen LogP contribution >= 0.6 is 0 Å². The summed E-state index contributed by atoms with van der Waals surface area (Å²) < 4.78 is 54.7. The van der Waals surface area contributed by atoms with Crippen molar-refractivity contribution in [1.82, 2.24) is 0 Å². The molecule has 0 saturated heterocycles. The van der Waals surface area contributed by atoms with Crippen molar-refractivity contribution in [3.8, 4) is 0 Å². The van der Waals surface area contributed by atoms with E-state index >= 15 is 0 Å². The molecule has 0 heterocycles. The lowest BCUT2D eigenvalue weighted by Gasteiger charge is -1.98. The van der Waals surface area contributed by atoms with Gasteiger partial charge in [0.1, 0.15) is 0 Å². The van der Waals surface area contributed by atoms with Gasteiger partial charge in [-0.3, -0.25) is 0 Å². The summed E-state index contributed by atoms with van der Waals surface area (Å²) in [6.07, 6.45) is -3.36. The summed E-state index contributed by atoms with van der Waals surface area (Å²) in [4.78, 5) is 0. The first-order valence-electron chi connectivity index (χ1n) is 5.26. The highest BCUT2D eigenvalue weighted by Gasteiger charge is 1.90. The van der Waals surface area contributed by atoms with Crippen LogP contribution in [0, 0.1) is 0 Å². The van der Waals surface area contributed by atoms with E-state index in [0.29, 0.717) is 0 Å². The number of hydrogen-bond donors (Lipinski definition) is 2. The molecule has 0 bridgehead atoms. The van der Waals surface area contributed by atoms with Crippen molar-refractivity contribution in [2.75, 3.05) is 6.56 Å². The summed E-state index contributed by atoms with van der Waals surface area (Å²) in [6, 6.07) is -3.27. The van der Waals surface area contributed by atoms with Crippen LogP contribution in [0.15, 0.2) is 0 Å². The lowest BCUT2D eigenvalue weighted by Crippen LogP contribution is -2.22. The van der Waals surface area contributed by atoms with Gasteiger partial charge in [0.15, 0.2) is 0 Å². The fourth-order valence-corrected chi connectivity index (χ4v) is 0.0280. The Labute approximate surface area is 49.2 Å². The van der Waals surface area contributed by atoms with Gasteiger partial charge in [-0.2, -0.15) is 0 Å². The van der Waals surface area contributed by atoms with Gasteiger partial charge in [-0.25, -0.2) is 0 Å². The number of aliphatic hydroxyl groups is 1. The minimum Gasteiger partial charge on any atom is -0.395 e. The first-order valence-corrected chi connectivity index (χ1v) is 1.26.